The summed E-state index contributed by atoms with van der Waals surface area (Å²) >= 11 is 0. The third kappa shape index (κ3) is 1.99. The van der Waals surface area contributed by atoms with Crippen LogP contribution in [0.15, 0.2) is 36.9 Å². The molecule has 3 rings (SSSR count). The number of methoxy groups -OCH3 is 2. The molecule has 2 heterocycles. The first-order valence-corrected chi connectivity index (χ1v) is 5.82. The average molecular weight is 255 g/mol. The number of H-pyrrole nitrogens is 1. The fourth-order valence-corrected chi connectivity index (χ4v) is 2.04. The number of rotatable bonds is 3. The Labute approximate surface area is 110 Å². The van der Waals surface area contributed by atoms with E-state index in [9.17, 15) is 0 Å². The Morgan fingerprint density at radius 3 is 2.42 bits per heavy atom. The number of benzene rings is 1. The normalized spacial score (nSPS) is 10.6. The van der Waals surface area contributed by atoms with E-state index in [0.717, 1.165) is 33.7 Å². The van der Waals surface area contributed by atoms with Gasteiger partial charge in [0.05, 0.1) is 37.8 Å². The first-order valence-electron chi connectivity index (χ1n) is 5.82. The van der Waals surface area contributed by atoms with E-state index in [4.69, 9.17) is 9.47 Å². The molecule has 0 radical (unpaired) electrons. The van der Waals surface area contributed by atoms with Gasteiger partial charge in [0.25, 0.3) is 0 Å². The highest BCUT2D eigenvalue weighted by Gasteiger charge is 2.09. The summed E-state index contributed by atoms with van der Waals surface area (Å²) in [6.07, 6.45) is 5.20. The van der Waals surface area contributed by atoms with Crippen molar-refractivity contribution in [2.45, 2.75) is 0 Å². The van der Waals surface area contributed by atoms with Gasteiger partial charge in [-0.25, -0.2) is 4.98 Å². The molecule has 0 saturated carbocycles. The van der Waals surface area contributed by atoms with Crippen LogP contribution in [0.2, 0.25) is 0 Å². The monoisotopic (exact) mass is 255 g/mol. The molecule has 0 bridgehead atoms. The second-order valence-electron chi connectivity index (χ2n) is 4.09. The van der Waals surface area contributed by atoms with Gasteiger partial charge in [-0.05, 0) is 17.7 Å². The maximum absolute atomic E-state index is 5.28. The van der Waals surface area contributed by atoms with Crippen LogP contribution >= 0.6 is 0 Å². The van der Waals surface area contributed by atoms with Crippen LogP contribution in [0.5, 0.6) is 11.5 Å². The number of imidazole rings is 1. The zero-order valence-corrected chi connectivity index (χ0v) is 10.7. The van der Waals surface area contributed by atoms with Crippen LogP contribution in [0.3, 0.4) is 0 Å². The summed E-state index contributed by atoms with van der Waals surface area (Å²) in [5.41, 5.74) is 3.68. The van der Waals surface area contributed by atoms with Crippen molar-refractivity contribution in [3.05, 3.63) is 36.9 Å². The molecule has 0 saturated heterocycles. The molecule has 0 unspecified atom stereocenters. The molecule has 2 aromatic heterocycles. The van der Waals surface area contributed by atoms with Crippen LogP contribution in [0.25, 0.3) is 22.2 Å². The molecule has 0 atom stereocenters. The molecular formula is C14H13N3O2. The van der Waals surface area contributed by atoms with Crippen molar-refractivity contribution in [2.75, 3.05) is 14.2 Å². The standard InChI is InChI=1S/C14H13N3O2/c1-18-10-3-9(4-11(5-10)19-2)12-6-15-7-13-14(12)17-8-16-13/h3-8H,1-2H3,(H,16,17). The molecule has 3 aromatic rings. The predicted octanol–water partition coefficient (Wildman–Crippen LogP) is 2.64. The van der Waals surface area contributed by atoms with Crippen molar-refractivity contribution < 1.29 is 9.47 Å². The maximum atomic E-state index is 5.28. The number of aromatic amines is 1. The summed E-state index contributed by atoms with van der Waals surface area (Å²) in [4.78, 5) is 11.6. The molecule has 0 aliphatic carbocycles. The third-order valence-electron chi connectivity index (χ3n) is 2.99. The fraction of sp³-hybridized carbons (Fsp3) is 0.143. The predicted molar refractivity (Wildman–Crippen MR) is 72.4 cm³/mol. The number of aromatic nitrogens is 3. The highest BCUT2D eigenvalue weighted by atomic mass is 16.5. The lowest BCUT2D eigenvalue weighted by molar-refractivity contribution is 0.394. The quantitative estimate of drug-likeness (QED) is 0.781. The van der Waals surface area contributed by atoms with Crippen LogP contribution in [-0.4, -0.2) is 29.2 Å². The summed E-state index contributed by atoms with van der Waals surface area (Å²) in [5, 5.41) is 0. The SMILES string of the molecule is COc1cc(OC)cc(-c2cncc3[nH]cnc23)c1. The van der Waals surface area contributed by atoms with Crippen LogP contribution in [0.4, 0.5) is 0 Å². The van der Waals surface area contributed by atoms with Crippen molar-refractivity contribution in [1.29, 1.82) is 0 Å². The van der Waals surface area contributed by atoms with E-state index < -0.39 is 0 Å². The molecule has 0 amide bonds. The van der Waals surface area contributed by atoms with E-state index in [1.54, 1.807) is 32.9 Å². The van der Waals surface area contributed by atoms with Crippen LogP contribution < -0.4 is 9.47 Å². The van der Waals surface area contributed by atoms with Gasteiger partial charge in [0.15, 0.2) is 0 Å². The lowest BCUT2D eigenvalue weighted by atomic mass is 10.1. The van der Waals surface area contributed by atoms with Gasteiger partial charge in [-0.15, -0.1) is 0 Å². The number of hydrogen-bond donors (Lipinski definition) is 1. The second kappa shape index (κ2) is 4.61. The van der Waals surface area contributed by atoms with Gasteiger partial charge in [-0.2, -0.15) is 0 Å². The van der Waals surface area contributed by atoms with E-state index in [-0.39, 0.29) is 0 Å². The molecule has 19 heavy (non-hydrogen) atoms. The summed E-state index contributed by atoms with van der Waals surface area (Å²) in [7, 11) is 3.26. The first kappa shape index (κ1) is 11.5. The summed E-state index contributed by atoms with van der Waals surface area (Å²) in [5.74, 6) is 1.48. The summed E-state index contributed by atoms with van der Waals surface area (Å²) < 4.78 is 10.6. The van der Waals surface area contributed by atoms with Gasteiger partial charge in [0.1, 0.15) is 11.5 Å². The van der Waals surface area contributed by atoms with Gasteiger partial charge in [-0.3, -0.25) is 4.98 Å². The van der Waals surface area contributed by atoms with Gasteiger partial charge < -0.3 is 14.5 Å². The average Bonchev–Trinajstić information content (AvgIpc) is 2.94. The number of ether oxygens (including phenoxy) is 2. The third-order valence-corrected chi connectivity index (χ3v) is 2.99. The Morgan fingerprint density at radius 2 is 1.74 bits per heavy atom. The van der Waals surface area contributed by atoms with Gasteiger partial charge in [0.2, 0.25) is 0 Å². The molecule has 1 aromatic carbocycles. The van der Waals surface area contributed by atoms with Crippen LogP contribution in [0, 0.1) is 0 Å². The molecule has 0 aliphatic heterocycles. The molecule has 5 nitrogen and oxygen atoms in total. The largest absolute Gasteiger partial charge is 0.497 e. The molecule has 1 N–H and O–H groups in total. The van der Waals surface area contributed by atoms with Crippen molar-refractivity contribution in [2.24, 2.45) is 0 Å². The lowest BCUT2D eigenvalue weighted by Crippen LogP contribution is -1.90. The Bertz CT molecular complexity index is 699. The van der Waals surface area contributed by atoms with E-state index >= 15 is 0 Å². The number of pyridine rings is 1. The number of nitrogens with one attached hydrogen (secondary N) is 1. The lowest BCUT2D eigenvalue weighted by Gasteiger charge is -2.08. The highest BCUT2D eigenvalue weighted by molar-refractivity contribution is 5.91. The molecular weight excluding hydrogens is 242 g/mol. The summed E-state index contributed by atoms with van der Waals surface area (Å²) in [6.45, 7) is 0. The van der Waals surface area contributed by atoms with Gasteiger partial charge in [-0.1, -0.05) is 0 Å². The molecule has 5 heteroatoms. The Hall–Kier alpha value is -2.56. The van der Waals surface area contributed by atoms with Crippen molar-refractivity contribution in [3.8, 4) is 22.6 Å². The Kier molecular flexibility index (Phi) is 2.79. The zero-order chi connectivity index (χ0) is 13.2. The minimum atomic E-state index is 0.738. The van der Waals surface area contributed by atoms with E-state index in [2.05, 4.69) is 15.0 Å². The Morgan fingerprint density at radius 1 is 1.00 bits per heavy atom. The molecule has 96 valence electrons. The van der Waals surface area contributed by atoms with Crippen LogP contribution in [-0.2, 0) is 0 Å². The minimum absolute atomic E-state index is 0.738. The first-order chi connectivity index (χ1) is 9.31. The molecule has 0 spiro atoms. The topological polar surface area (TPSA) is 60.0 Å². The smallest absolute Gasteiger partial charge is 0.123 e. The second-order valence-corrected chi connectivity index (χ2v) is 4.09. The van der Waals surface area contributed by atoms with Crippen molar-refractivity contribution >= 4 is 11.0 Å². The summed E-state index contributed by atoms with van der Waals surface area (Å²) in [6, 6.07) is 5.71. The van der Waals surface area contributed by atoms with Gasteiger partial charge in [0, 0.05) is 17.8 Å². The molecule has 0 aliphatic rings. The molecule has 0 fully saturated rings. The van der Waals surface area contributed by atoms with E-state index in [1.807, 2.05) is 18.2 Å². The highest BCUT2D eigenvalue weighted by Crippen LogP contribution is 2.32. The minimum Gasteiger partial charge on any atom is -0.497 e. The van der Waals surface area contributed by atoms with Gasteiger partial charge >= 0.3 is 0 Å². The fourth-order valence-electron chi connectivity index (χ4n) is 2.04. The number of hydrogen-bond acceptors (Lipinski definition) is 4. The van der Waals surface area contributed by atoms with Crippen molar-refractivity contribution in [3.63, 3.8) is 0 Å². The Balaban J connectivity index is 2.23. The van der Waals surface area contributed by atoms with E-state index in [0.29, 0.717) is 0 Å². The van der Waals surface area contributed by atoms with Crippen LogP contribution in [0.1, 0.15) is 0 Å². The van der Waals surface area contributed by atoms with E-state index in [1.165, 1.54) is 0 Å². The number of fused-ring (bicyclic) bond motifs is 1. The van der Waals surface area contributed by atoms with Crippen molar-refractivity contribution in [1.82, 2.24) is 15.0 Å². The maximum Gasteiger partial charge on any atom is 0.123 e. The zero-order valence-electron chi connectivity index (χ0n) is 10.7. The number of nitrogens with zero attached hydrogens (tertiary/aromatic N) is 2.